The van der Waals surface area contributed by atoms with Crippen molar-refractivity contribution in [2.45, 2.75) is 37.5 Å². The summed E-state index contributed by atoms with van der Waals surface area (Å²) in [7, 11) is 0. The number of fused-ring (bicyclic) bond motifs is 3. The lowest BCUT2D eigenvalue weighted by Gasteiger charge is -2.29. The van der Waals surface area contributed by atoms with E-state index in [2.05, 4.69) is 47.9 Å². The predicted octanol–water partition coefficient (Wildman–Crippen LogP) is 2.91. The maximum absolute atomic E-state index is 6.01. The topological polar surface area (TPSA) is 47.3 Å². The molecule has 20 heavy (non-hydrogen) atoms. The van der Waals surface area contributed by atoms with Crippen LogP contribution in [0.4, 0.5) is 0 Å². The molecule has 0 aromatic heterocycles. The van der Waals surface area contributed by atoms with Gasteiger partial charge in [0.1, 0.15) is 0 Å². The number of benzene rings is 2. The number of nitrogens with two attached hydrogens (primary N) is 1. The van der Waals surface area contributed by atoms with Crippen LogP contribution in [0.5, 0.6) is 0 Å². The van der Waals surface area contributed by atoms with Crippen LogP contribution in [-0.2, 0) is 4.74 Å². The van der Waals surface area contributed by atoms with Gasteiger partial charge in [0.25, 0.3) is 0 Å². The molecule has 3 heteroatoms. The summed E-state index contributed by atoms with van der Waals surface area (Å²) in [6, 6.07) is 15.2. The maximum atomic E-state index is 6.01. The van der Waals surface area contributed by atoms with Crippen LogP contribution in [0.1, 0.15) is 30.9 Å². The van der Waals surface area contributed by atoms with E-state index in [1.165, 1.54) is 29.2 Å². The molecule has 0 amide bonds. The van der Waals surface area contributed by atoms with Crippen molar-refractivity contribution < 1.29 is 4.74 Å². The van der Waals surface area contributed by atoms with Crippen molar-refractivity contribution in [2.75, 3.05) is 0 Å². The van der Waals surface area contributed by atoms with E-state index in [0.717, 1.165) is 6.42 Å². The Bertz CT molecular complexity index is 622. The number of hydrogen-bond acceptors (Lipinski definition) is 3. The van der Waals surface area contributed by atoms with Crippen LogP contribution in [0.25, 0.3) is 10.8 Å². The van der Waals surface area contributed by atoms with Gasteiger partial charge in [0.2, 0.25) is 0 Å². The Morgan fingerprint density at radius 3 is 2.70 bits per heavy atom. The third-order valence-corrected chi connectivity index (χ3v) is 4.92. The summed E-state index contributed by atoms with van der Waals surface area (Å²) >= 11 is 0. The average Bonchev–Trinajstić information content (AvgIpc) is 3.11. The van der Waals surface area contributed by atoms with Gasteiger partial charge in [-0.2, -0.15) is 0 Å². The number of rotatable bonds is 3. The summed E-state index contributed by atoms with van der Waals surface area (Å²) in [5.74, 6) is 6.39. The van der Waals surface area contributed by atoms with E-state index in [1.807, 2.05) is 0 Å². The van der Waals surface area contributed by atoms with Crippen LogP contribution in [-0.4, -0.2) is 12.2 Å². The monoisotopic (exact) mass is 268 g/mol. The van der Waals surface area contributed by atoms with Crippen LogP contribution in [0.3, 0.4) is 0 Å². The quantitative estimate of drug-likeness (QED) is 0.664. The molecular weight excluding hydrogens is 248 g/mol. The van der Waals surface area contributed by atoms with Gasteiger partial charge in [0, 0.05) is 5.92 Å². The van der Waals surface area contributed by atoms with Gasteiger partial charge in [-0.1, -0.05) is 42.5 Å². The van der Waals surface area contributed by atoms with Crippen molar-refractivity contribution in [1.82, 2.24) is 5.43 Å². The van der Waals surface area contributed by atoms with Gasteiger partial charge in [-0.25, -0.2) is 0 Å². The molecule has 0 spiro atoms. The Hall–Kier alpha value is -1.42. The summed E-state index contributed by atoms with van der Waals surface area (Å²) < 4.78 is 6.01. The summed E-state index contributed by atoms with van der Waals surface area (Å²) in [5.41, 5.74) is 4.36. The molecule has 4 rings (SSSR count). The number of hydrogen-bond donors (Lipinski definition) is 2. The van der Waals surface area contributed by atoms with Crippen LogP contribution in [0.2, 0.25) is 0 Å². The Labute approximate surface area is 119 Å². The minimum absolute atomic E-state index is 0.177. The summed E-state index contributed by atoms with van der Waals surface area (Å²) in [6.45, 7) is 0. The standard InChI is InChI=1S/C17H20N2O/c18-19-17(15-10-12-8-9-16(15)20-12)14-7-3-5-11-4-1-2-6-13(11)14/h1-7,12,15-17,19H,8-10,18H2. The van der Waals surface area contributed by atoms with E-state index in [1.54, 1.807) is 0 Å². The lowest BCUT2D eigenvalue weighted by molar-refractivity contribution is 0.0858. The van der Waals surface area contributed by atoms with Gasteiger partial charge in [-0.3, -0.25) is 11.3 Å². The Morgan fingerprint density at radius 1 is 1.10 bits per heavy atom. The van der Waals surface area contributed by atoms with Crippen molar-refractivity contribution in [2.24, 2.45) is 11.8 Å². The molecule has 3 nitrogen and oxygen atoms in total. The second-order valence-corrected chi connectivity index (χ2v) is 5.99. The summed E-state index contributed by atoms with van der Waals surface area (Å²) in [5, 5.41) is 2.56. The Morgan fingerprint density at radius 2 is 1.95 bits per heavy atom. The SMILES string of the molecule is NNC(c1cccc2ccccc12)C1CC2CCC1O2. The van der Waals surface area contributed by atoms with Crippen molar-refractivity contribution >= 4 is 10.8 Å². The molecule has 2 aromatic rings. The van der Waals surface area contributed by atoms with Crippen LogP contribution in [0, 0.1) is 5.92 Å². The first kappa shape index (κ1) is 12.3. The molecule has 2 aliphatic heterocycles. The highest BCUT2D eigenvalue weighted by Crippen LogP contribution is 2.45. The predicted molar refractivity (Wildman–Crippen MR) is 80.0 cm³/mol. The molecule has 0 radical (unpaired) electrons. The zero-order valence-corrected chi connectivity index (χ0v) is 11.5. The van der Waals surface area contributed by atoms with Crippen LogP contribution < -0.4 is 11.3 Å². The molecule has 4 unspecified atom stereocenters. The van der Waals surface area contributed by atoms with Gasteiger partial charge in [0.15, 0.2) is 0 Å². The lowest BCUT2D eigenvalue weighted by atomic mass is 9.80. The number of hydrazine groups is 1. The average molecular weight is 268 g/mol. The molecule has 2 fully saturated rings. The fraction of sp³-hybridized carbons (Fsp3) is 0.412. The molecule has 0 aliphatic carbocycles. The Kier molecular flexibility index (Phi) is 2.99. The molecule has 2 saturated heterocycles. The molecular formula is C17H20N2O. The third kappa shape index (κ3) is 1.85. The lowest BCUT2D eigenvalue weighted by Crippen LogP contribution is -2.37. The van der Waals surface area contributed by atoms with Crippen LogP contribution in [0.15, 0.2) is 42.5 Å². The normalized spacial score (nSPS) is 29.9. The first-order chi connectivity index (χ1) is 9.86. The van der Waals surface area contributed by atoms with Gasteiger partial charge < -0.3 is 4.74 Å². The largest absolute Gasteiger partial charge is 0.375 e. The molecule has 2 bridgehead atoms. The zero-order chi connectivity index (χ0) is 13.5. The second kappa shape index (κ2) is 4.85. The highest BCUT2D eigenvalue weighted by atomic mass is 16.5. The highest BCUT2D eigenvalue weighted by Gasteiger charge is 2.44. The minimum atomic E-state index is 0.177. The molecule has 104 valence electrons. The van der Waals surface area contributed by atoms with Gasteiger partial charge in [-0.15, -0.1) is 0 Å². The van der Waals surface area contributed by atoms with E-state index in [-0.39, 0.29) is 6.04 Å². The summed E-state index contributed by atoms with van der Waals surface area (Å²) in [4.78, 5) is 0. The second-order valence-electron chi connectivity index (χ2n) is 5.99. The summed E-state index contributed by atoms with van der Waals surface area (Å²) in [6.07, 6.45) is 4.35. The van der Waals surface area contributed by atoms with E-state index in [0.29, 0.717) is 18.1 Å². The van der Waals surface area contributed by atoms with Crippen molar-refractivity contribution in [1.29, 1.82) is 0 Å². The number of ether oxygens (including phenoxy) is 1. The van der Waals surface area contributed by atoms with E-state index in [9.17, 15) is 0 Å². The molecule has 2 heterocycles. The van der Waals surface area contributed by atoms with E-state index in [4.69, 9.17) is 10.6 Å². The molecule has 2 aromatic carbocycles. The molecule has 0 saturated carbocycles. The fourth-order valence-corrected chi connectivity index (χ4v) is 3.99. The van der Waals surface area contributed by atoms with Gasteiger partial charge in [-0.05, 0) is 35.6 Å². The van der Waals surface area contributed by atoms with E-state index < -0.39 is 0 Å². The Balaban J connectivity index is 1.76. The fourth-order valence-electron chi connectivity index (χ4n) is 3.99. The zero-order valence-electron chi connectivity index (χ0n) is 11.5. The van der Waals surface area contributed by atoms with Crippen LogP contribution >= 0.6 is 0 Å². The third-order valence-electron chi connectivity index (χ3n) is 4.92. The van der Waals surface area contributed by atoms with Crippen molar-refractivity contribution in [3.05, 3.63) is 48.0 Å². The minimum Gasteiger partial charge on any atom is -0.375 e. The molecule has 4 atom stereocenters. The van der Waals surface area contributed by atoms with Gasteiger partial charge in [0.05, 0.1) is 18.2 Å². The first-order valence-electron chi connectivity index (χ1n) is 7.46. The van der Waals surface area contributed by atoms with Crippen molar-refractivity contribution in [3.63, 3.8) is 0 Å². The van der Waals surface area contributed by atoms with Gasteiger partial charge >= 0.3 is 0 Å². The molecule has 3 N–H and O–H groups in total. The number of nitrogens with one attached hydrogen (secondary N) is 1. The highest BCUT2D eigenvalue weighted by molar-refractivity contribution is 5.86. The first-order valence-corrected chi connectivity index (χ1v) is 7.46. The van der Waals surface area contributed by atoms with Crippen molar-refractivity contribution in [3.8, 4) is 0 Å². The smallest absolute Gasteiger partial charge is 0.0627 e. The molecule has 2 aliphatic rings. The maximum Gasteiger partial charge on any atom is 0.0627 e. The van der Waals surface area contributed by atoms with E-state index >= 15 is 0 Å².